The normalized spacial score (nSPS) is 11.7. The molecule has 1 unspecified atom stereocenters. The van der Waals surface area contributed by atoms with E-state index in [0.29, 0.717) is 17.1 Å². The quantitative estimate of drug-likeness (QED) is 0.680. The van der Waals surface area contributed by atoms with Crippen LogP contribution in [0.25, 0.3) is 0 Å². The zero-order valence-electron chi connectivity index (χ0n) is 14.2. The molecule has 0 saturated carbocycles. The van der Waals surface area contributed by atoms with Crippen molar-refractivity contribution in [3.63, 3.8) is 0 Å². The van der Waals surface area contributed by atoms with Crippen LogP contribution in [-0.4, -0.2) is 53.7 Å². The number of carbonyl (C=O) groups excluding carboxylic acids is 1. The first kappa shape index (κ1) is 19.8. The second-order valence-electron chi connectivity index (χ2n) is 5.71. The van der Waals surface area contributed by atoms with E-state index in [2.05, 4.69) is 26.2 Å². The number of carbonyl (C=O) groups is 1. The number of hydrogen-bond donors (Lipinski definition) is 2. The van der Waals surface area contributed by atoms with Gasteiger partial charge in [-0.2, -0.15) is 5.26 Å². The molecule has 1 aromatic carbocycles. The number of amides is 1. The summed E-state index contributed by atoms with van der Waals surface area (Å²) in [5.41, 5.74) is 0.545. The van der Waals surface area contributed by atoms with E-state index >= 15 is 0 Å². The van der Waals surface area contributed by atoms with Crippen molar-refractivity contribution in [2.45, 2.75) is 6.10 Å². The number of nitrogens with one attached hydrogen (secondary N) is 1. The van der Waals surface area contributed by atoms with Crippen LogP contribution in [0.5, 0.6) is 5.75 Å². The highest BCUT2D eigenvalue weighted by molar-refractivity contribution is 9.10. The molecule has 1 atom stereocenters. The van der Waals surface area contributed by atoms with Gasteiger partial charge in [0, 0.05) is 17.2 Å². The summed E-state index contributed by atoms with van der Waals surface area (Å²) in [6.45, 7) is 0.481. The number of halogens is 1. The third kappa shape index (κ3) is 6.80. The van der Waals surface area contributed by atoms with Crippen molar-refractivity contribution in [3.05, 3.63) is 52.6 Å². The molecule has 1 amide bonds. The topological polar surface area (TPSA) is 98.5 Å². The van der Waals surface area contributed by atoms with Crippen LogP contribution in [0.3, 0.4) is 0 Å². The Kier molecular flexibility index (Phi) is 7.53. The number of aliphatic hydroxyl groups excluding tert-OH is 1. The second kappa shape index (κ2) is 9.87. The highest BCUT2D eigenvalue weighted by atomic mass is 79.9. The van der Waals surface area contributed by atoms with Crippen LogP contribution in [0, 0.1) is 11.3 Å². The Hall–Kier alpha value is -2.47. The maximum atomic E-state index is 12.0. The van der Waals surface area contributed by atoms with E-state index in [1.165, 1.54) is 0 Å². The summed E-state index contributed by atoms with van der Waals surface area (Å²) in [5.74, 6) is 0.823. The van der Waals surface area contributed by atoms with Gasteiger partial charge in [-0.05, 0) is 59.4 Å². The fraction of sp³-hybridized carbons (Fsp3) is 0.278. The number of likely N-dealkylation sites (N-methyl/N-ethyl adjacent to an activating group) is 1. The molecule has 1 heterocycles. The van der Waals surface area contributed by atoms with Gasteiger partial charge in [-0.1, -0.05) is 0 Å². The number of aliphatic hydroxyl groups is 1. The third-order valence-electron chi connectivity index (χ3n) is 3.36. The van der Waals surface area contributed by atoms with Crippen molar-refractivity contribution in [1.29, 1.82) is 5.26 Å². The molecule has 7 nitrogen and oxygen atoms in total. The van der Waals surface area contributed by atoms with Crippen LogP contribution in [0.4, 0.5) is 5.82 Å². The lowest BCUT2D eigenvalue weighted by Crippen LogP contribution is -2.37. The number of rotatable bonds is 8. The molecule has 26 heavy (non-hydrogen) atoms. The molecule has 0 bridgehead atoms. The van der Waals surface area contributed by atoms with Gasteiger partial charge in [0.2, 0.25) is 5.91 Å². The predicted molar refractivity (Wildman–Crippen MR) is 101 cm³/mol. The lowest BCUT2D eigenvalue weighted by molar-refractivity contribution is -0.117. The molecule has 2 rings (SSSR count). The first-order valence-electron chi connectivity index (χ1n) is 7.87. The minimum Gasteiger partial charge on any atom is -0.491 e. The molecule has 0 spiro atoms. The van der Waals surface area contributed by atoms with Crippen LogP contribution < -0.4 is 10.1 Å². The first-order valence-corrected chi connectivity index (χ1v) is 8.66. The van der Waals surface area contributed by atoms with Crippen LogP contribution >= 0.6 is 15.9 Å². The van der Waals surface area contributed by atoms with Gasteiger partial charge in [-0.15, -0.1) is 0 Å². The molecule has 2 aromatic rings. The molecule has 0 aliphatic carbocycles. The second-order valence-corrected chi connectivity index (χ2v) is 6.62. The number of nitriles is 1. The molecule has 1 aromatic heterocycles. The van der Waals surface area contributed by atoms with E-state index in [-0.39, 0.29) is 25.6 Å². The number of pyridine rings is 1. The van der Waals surface area contributed by atoms with Gasteiger partial charge in [0.1, 0.15) is 24.3 Å². The van der Waals surface area contributed by atoms with Gasteiger partial charge in [-0.3, -0.25) is 9.69 Å². The summed E-state index contributed by atoms with van der Waals surface area (Å²) < 4.78 is 6.31. The number of benzene rings is 1. The first-order chi connectivity index (χ1) is 12.5. The smallest absolute Gasteiger partial charge is 0.239 e. The summed E-state index contributed by atoms with van der Waals surface area (Å²) in [4.78, 5) is 17.8. The Morgan fingerprint density at radius 2 is 2.12 bits per heavy atom. The van der Waals surface area contributed by atoms with E-state index in [1.54, 1.807) is 54.5 Å². The van der Waals surface area contributed by atoms with Gasteiger partial charge in [0.15, 0.2) is 0 Å². The number of hydrogen-bond acceptors (Lipinski definition) is 6. The molecule has 0 aliphatic rings. The Labute approximate surface area is 160 Å². The van der Waals surface area contributed by atoms with Crippen LogP contribution in [0.2, 0.25) is 0 Å². The van der Waals surface area contributed by atoms with Gasteiger partial charge in [0.25, 0.3) is 0 Å². The minimum atomic E-state index is -0.755. The van der Waals surface area contributed by atoms with Gasteiger partial charge < -0.3 is 15.2 Å². The molecular formula is C18H19BrN4O3. The lowest BCUT2D eigenvalue weighted by atomic mass is 10.2. The Morgan fingerprint density at radius 3 is 2.73 bits per heavy atom. The number of nitrogens with zero attached hydrogens (tertiary/aromatic N) is 3. The van der Waals surface area contributed by atoms with Gasteiger partial charge in [-0.25, -0.2) is 4.98 Å². The molecule has 136 valence electrons. The lowest BCUT2D eigenvalue weighted by Gasteiger charge is -2.20. The Balaban J connectivity index is 1.71. The summed E-state index contributed by atoms with van der Waals surface area (Å²) in [6, 6.07) is 12.2. The zero-order valence-corrected chi connectivity index (χ0v) is 15.8. The molecule has 0 fully saturated rings. The van der Waals surface area contributed by atoms with Crippen molar-refractivity contribution < 1.29 is 14.6 Å². The molecule has 0 saturated heterocycles. The monoisotopic (exact) mass is 418 g/mol. The fourth-order valence-corrected chi connectivity index (χ4v) is 2.41. The molecule has 8 heteroatoms. The van der Waals surface area contributed by atoms with Gasteiger partial charge in [0.05, 0.1) is 18.2 Å². The third-order valence-corrected chi connectivity index (χ3v) is 3.83. The molecule has 2 N–H and O–H groups in total. The maximum absolute atomic E-state index is 12.0. The Morgan fingerprint density at radius 1 is 1.38 bits per heavy atom. The summed E-state index contributed by atoms with van der Waals surface area (Å²) in [6.07, 6.45) is 0.845. The van der Waals surface area contributed by atoms with Crippen molar-refractivity contribution >= 4 is 27.7 Å². The molecule has 0 aliphatic heterocycles. The summed E-state index contributed by atoms with van der Waals surface area (Å²) in [7, 11) is 1.74. The van der Waals surface area contributed by atoms with Crippen molar-refractivity contribution in [1.82, 2.24) is 9.88 Å². The average Bonchev–Trinajstić information content (AvgIpc) is 2.62. The SMILES string of the molecule is CN(CC(=O)Nc1ccc(Br)cn1)CC(O)COc1ccc(C#N)cc1. The van der Waals surface area contributed by atoms with E-state index in [9.17, 15) is 9.90 Å². The Bertz CT molecular complexity index is 760. The van der Waals surface area contributed by atoms with Crippen molar-refractivity contribution in [2.75, 3.05) is 32.1 Å². The number of ether oxygens (including phenoxy) is 1. The van der Waals surface area contributed by atoms with Crippen LogP contribution in [-0.2, 0) is 4.79 Å². The van der Waals surface area contributed by atoms with Crippen molar-refractivity contribution in [3.8, 4) is 11.8 Å². The average molecular weight is 419 g/mol. The van der Waals surface area contributed by atoms with E-state index in [0.717, 1.165) is 4.47 Å². The predicted octanol–water partition coefficient (Wildman–Crippen LogP) is 2.03. The van der Waals surface area contributed by atoms with Gasteiger partial charge >= 0.3 is 0 Å². The minimum absolute atomic E-state index is 0.0894. The van der Waals surface area contributed by atoms with E-state index in [4.69, 9.17) is 10.00 Å². The number of anilines is 1. The largest absolute Gasteiger partial charge is 0.491 e. The highest BCUT2D eigenvalue weighted by Crippen LogP contribution is 2.12. The van der Waals surface area contributed by atoms with Crippen molar-refractivity contribution in [2.24, 2.45) is 0 Å². The molecule has 0 radical (unpaired) electrons. The maximum Gasteiger partial charge on any atom is 0.239 e. The van der Waals surface area contributed by atoms with E-state index < -0.39 is 6.10 Å². The van der Waals surface area contributed by atoms with Crippen LogP contribution in [0.1, 0.15) is 5.56 Å². The number of aromatic nitrogens is 1. The zero-order chi connectivity index (χ0) is 18.9. The summed E-state index contributed by atoms with van der Waals surface area (Å²) in [5, 5.41) is 21.5. The summed E-state index contributed by atoms with van der Waals surface area (Å²) >= 11 is 3.28. The molecular weight excluding hydrogens is 400 g/mol. The van der Waals surface area contributed by atoms with E-state index in [1.807, 2.05) is 6.07 Å². The van der Waals surface area contributed by atoms with Crippen LogP contribution in [0.15, 0.2) is 47.1 Å². The fourth-order valence-electron chi connectivity index (χ4n) is 2.17. The standard InChI is InChI=1S/C18H19BrN4O3/c1-23(11-18(25)22-17-7-4-14(19)9-21-17)10-15(24)12-26-16-5-2-13(8-20)3-6-16/h2-7,9,15,24H,10-12H2,1H3,(H,21,22,25). The highest BCUT2D eigenvalue weighted by Gasteiger charge is 2.13.